The lowest BCUT2D eigenvalue weighted by Gasteiger charge is -2.06. The zero-order chi connectivity index (χ0) is 19.0. The number of hydrogen-bond donors (Lipinski definition) is 2. The summed E-state index contributed by atoms with van der Waals surface area (Å²) in [7, 11) is 0. The van der Waals surface area contributed by atoms with Crippen molar-refractivity contribution in [2.24, 2.45) is 0 Å². The number of esters is 1. The van der Waals surface area contributed by atoms with Crippen LogP contribution in [0, 0.1) is 6.92 Å². The number of nitrogens with one attached hydrogen (secondary N) is 2. The number of benzene rings is 2. The highest BCUT2D eigenvalue weighted by molar-refractivity contribution is 6.10. The van der Waals surface area contributed by atoms with Gasteiger partial charge < -0.3 is 14.7 Å². The van der Waals surface area contributed by atoms with Gasteiger partial charge in [-0.25, -0.2) is 4.79 Å². The lowest BCUT2D eigenvalue weighted by Crippen LogP contribution is -2.18. The van der Waals surface area contributed by atoms with Gasteiger partial charge in [-0.3, -0.25) is 9.59 Å². The van der Waals surface area contributed by atoms with E-state index < -0.39 is 12.6 Å². The van der Waals surface area contributed by atoms with Crippen molar-refractivity contribution >= 4 is 33.4 Å². The molecular formula is C21H16N2O4. The molecule has 0 saturated carbocycles. The maximum atomic E-state index is 12.5. The van der Waals surface area contributed by atoms with Crippen LogP contribution in [-0.2, 0) is 4.74 Å². The summed E-state index contributed by atoms with van der Waals surface area (Å²) >= 11 is 0. The highest BCUT2D eigenvalue weighted by Crippen LogP contribution is 2.22. The summed E-state index contributed by atoms with van der Waals surface area (Å²) in [6.07, 6.45) is 1.62. The molecule has 2 aromatic carbocycles. The predicted molar refractivity (Wildman–Crippen MR) is 102 cm³/mol. The van der Waals surface area contributed by atoms with Crippen LogP contribution in [0.15, 0.2) is 59.5 Å². The number of ether oxygens (including phenoxy) is 1. The highest BCUT2D eigenvalue weighted by atomic mass is 16.5. The minimum atomic E-state index is -0.747. The fourth-order valence-electron chi connectivity index (χ4n) is 3.19. The zero-order valence-electron chi connectivity index (χ0n) is 14.5. The van der Waals surface area contributed by atoms with E-state index in [2.05, 4.69) is 9.97 Å². The number of fused-ring (bicyclic) bond motifs is 2. The van der Waals surface area contributed by atoms with Crippen LogP contribution in [0.1, 0.15) is 26.4 Å². The van der Waals surface area contributed by atoms with Gasteiger partial charge in [-0.05, 0) is 36.1 Å². The quantitative estimate of drug-likeness (QED) is 0.431. The Kier molecular flexibility index (Phi) is 4.08. The molecule has 0 spiro atoms. The average Bonchev–Trinajstić information content (AvgIpc) is 3.11. The summed E-state index contributed by atoms with van der Waals surface area (Å²) in [4.78, 5) is 42.4. The van der Waals surface area contributed by atoms with Crippen LogP contribution < -0.4 is 5.56 Å². The first-order valence-electron chi connectivity index (χ1n) is 8.43. The van der Waals surface area contributed by atoms with Gasteiger partial charge in [0.15, 0.2) is 6.61 Å². The molecule has 0 unspecified atom stereocenters. The summed E-state index contributed by atoms with van der Waals surface area (Å²) in [5.74, 6) is -1.06. The number of Topliss-reactive ketones (excluding diaryl/α,β-unsaturated/α-hetero) is 1. The third kappa shape index (κ3) is 3.01. The Hall–Kier alpha value is -3.67. The van der Waals surface area contributed by atoms with E-state index in [1.165, 1.54) is 0 Å². The number of ketones is 1. The number of aromatic amines is 2. The van der Waals surface area contributed by atoms with Crippen molar-refractivity contribution in [3.63, 3.8) is 0 Å². The van der Waals surface area contributed by atoms with E-state index in [4.69, 9.17) is 4.74 Å². The zero-order valence-corrected chi connectivity index (χ0v) is 14.5. The second-order valence-electron chi connectivity index (χ2n) is 6.30. The second-order valence-corrected chi connectivity index (χ2v) is 6.30. The molecule has 2 aromatic heterocycles. The first-order chi connectivity index (χ1) is 13.0. The van der Waals surface area contributed by atoms with Crippen molar-refractivity contribution in [1.29, 1.82) is 0 Å². The Morgan fingerprint density at radius 1 is 1.07 bits per heavy atom. The minimum Gasteiger partial charge on any atom is -0.453 e. The molecule has 0 aliphatic heterocycles. The van der Waals surface area contributed by atoms with E-state index in [1.807, 2.05) is 25.1 Å². The smallest absolute Gasteiger partial charge is 0.355 e. The number of H-pyrrole nitrogens is 2. The van der Waals surface area contributed by atoms with Crippen molar-refractivity contribution in [3.05, 3.63) is 81.9 Å². The molecule has 0 atom stereocenters. The number of aryl methyl sites for hydroxylation is 1. The van der Waals surface area contributed by atoms with Crippen LogP contribution in [0.2, 0.25) is 0 Å². The molecule has 4 aromatic rings. The summed E-state index contributed by atoms with van der Waals surface area (Å²) in [6.45, 7) is 1.51. The van der Waals surface area contributed by atoms with Crippen molar-refractivity contribution < 1.29 is 14.3 Å². The van der Waals surface area contributed by atoms with Crippen molar-refractivity contribution in [3.8, 4) is 0 Å². The fraction of sp³-hybridized carbons (Fsp3) is 0.0952. The standard InChI is InChI=1S/C21H16N2O4/c1-12-5-4-8-16-19(12)15(10-22-16)18(24)11-27-21(26)17-9-13-6-2-3-7-14(13)20(25)23-17/h2-10,22H,11H2,1H3,(H,23,25). The Bertz CT molecular complexity index is 1250. The van der Waals surface area contributed by atoms with Gasteiger partial charge in [-0.1, -0.05) is 30.3 Å². The van der Waals surface area contributed by atoms with E-state index in [-0.39, 0.29) is 17.0 Å². The van der Waals surface area contributed by atoms with Crippen LogP contribution in [0.4, 0.5) is 0 Å². The summed E-state index contributed by atoms with van der Waals surface area (Å²) in [5.41, 5.74) is 1.92. The van der Waals surface area contributed by atoms with Crippen LogP contribution in [0.25, 0.3) is 21.7 Å². The van der Waals surface area contributed by atoms with Crippen molar-refractivity contribution in [2.75, 3.05) is 6.61 Å². The predicted octanol–water partition coefficient (Wildman–Crippen LogP) is 3.36. The second kappa shape index (κ2) is 6.57. The number of aromatic nitrogens is 2. The molecule has 2 N–H and O–H groups in total. The van der Waals surface area contributed by atoms with E-state index >= 15 is 0 Å². The topological polar surface area (TPSA) is 92.0 Å². The lowest BCUT2D eigenvalue weighted by atomic mass is 10.1. The molecule has 0 bridgehead atoms. The normalized spacial score (nSPS) is 11.0. The van der Waals surface area contributed by atoms with Gasteiger partial charge >= 0.3 is 5.97 Å². The molecule has 4 rings (SSSR count). The van der Waals surface area contributed by atoms with Crippen molar-refractivity contribution in [1.82, 2.24) is 9.97 Å². The lowest BCUT2D eigenvalue weighted by molar-refractivity contribution is 0.0469. The molecule has 27 heavy (non-hydrogen) atoms. The Morgan fingerprint density at radius 2 is 1.89 bits per heavy atom. The monoisotopic (exact) mass is 360 g/mol. The molecule has 0 fully saturated rings. The molecule has 0 aliphatic rings. The Labute approximate surface area is 153 Å². The average molecular weight is 360 g/mol. The van der Waals surface area contributed by atoms with Gasteiger partial charge in [0.1, 0.15) is 5.69 Å². The summed E-state index contributed by atoms with van der Waals surface area (Å²) in [6, 6.07) is 14.2. The van der Waals surface area contributed by atoms with Crippen LogP contribution in [0.5, 0.6) is 0 Å². The van der Waals surface area contributed by atoms with Crippen LogP contribution >= 0.6 is 0 Å². The first kappa shape index (κ1) is 16.8. The SMILES string of the molecule is Cc1cccc2[nH]cc(C(=O)COC(=O)c3cc4ccccc4c(=O)[nH]3)c12. The molecular weight excluding hydrogens is 344 g/mol. The minimum absolute atomic E-state index is 0.0154. The number of rotatable bonds is 4. The molecule has 2 heterocycles. The molecule has 134 valence electrons. The Balaban J connectivity index is 1.55. The van der Waals surface area contributed by atoms with Gasteiger partial charge in [0.2, 0.25) is 5.78 Å². The van der Waals surface area contributed by atoms with E-state index in [9.17, 15) is 14.4 Å². The number of carbonyl (C=O) groups is 2. The Morgan fingerprint density at radius 3 is 2.74 bits per heavy atom. The summed E-state index contributed by atoms with van der Waals surface area (Å²) < 4.78 is 5.13. The maximum absolute atomic E-state index is 12.5. The third-order valence-electron chi connectivity index (χ3n) is 4.52. The molecule has 6 heteroatoms. The van der Waals surface area contributed by atoms with E-state index in [1.54, 1.807) is 36.5 Å². The van der Waals surface area contributed by atoms with E-state index in [0.29, 0.717) is 16.3 Å². The fourth-order valence-corrected chi connectivity index (χ4v) is 3.19. The first-order valence-corrected chi connectivity index (χ1v) is 8.43. The number of pyridine rings is 1. The van der Waals surface area contributed by atoms with Crippen LogP contribution in [-0.4, -0.2) is 28.3 Å². The largest absolute Gasteiger partial charge is 0.453 e. The molecule has 0 amide bonds. The third-order valence-corrected chi connectivity index (χ3v) is 4.52. The van der Waals surface area contributed by atoms with Crippen LogP contribution in [0.3, 0.4) is 0 Å². The highest BCUT2D eigenvalue weighted by Gasteiger charge is 2.17. The van der Waals surface area contributed by atoms with Crippen molar-refractivity contribution in [2.45, 2.75) is 6.92 Å². The molecule has 0 radical (unpaired) electrons. The van der Waals surface area contributed by atoms with E-state index in [0.717, 1.165) is 16.5 Å². The van der Waals surface area contributed by atoms with Gasteiger partial charge in [0, 0.05) is 28.0 Å². The van der Waals surface area contributed by atoms with Gasteiger partial charge in [0.05, 0.1) is 0 Å². The molecule has 6 nitrogen and oxygen atoms in total. The molecule has 0 aliphatic carbocycles. The maximum Gasteiger partial charge on any atom is 0.355 e. The van der Waals surface area contributed by atoms with Gasteiger partial charge in [-0.2, -0.15) is 0 Å². The molecule has 0 saturated heterocycles. The van der Waals surface area contributed by atoms with Gasteiger partial charge in [0.25, 0.3) is 5.56 Å². The summed E-state index contributed by atoms with van der Waals surface area (Å²) in [5, 5.41) is 1.93. The van der Waals surface area contributed by atoms with Gasteiger partial charge in [-0.15, -0.1) is 0 Å². The number of hydrogen-bond acceptors (Lipinski definition) is 4. The number of carbonyl (C=O) groups excluding carboxylic acids is 2.